The van der Waals surface area contributed by atoms with Crippen molar-refractivity contribution in [3.05, 3.63) is 51.5 Å². The first kappa shape index (κ1) is 16.5. The molecule has 22 heavy (non-hydrogen) atoms. The Morgan fingerprint density at radius 2 is 2.05 bits per heavy atom. The van der Waals surface area contributed by atoms with E-state index in [1.807, 2.05) is 44.2 Å². The lowest BCUT2D eigenvalue weighted by Gasteiger charge is -2.22. The lowest BCUT2D eigenvalue weighted by molar-refractivity contribution is 0.173. The Balaban J connectivity index is 1.94. The van der Waals surface area contributed by atoms with E-state index in [0.29, 0.717) is 19.6 Å². The first-order valence-corrected chi connectivity index (χ1v) is 8.02. The van der Waals surface area contributed by atoms with Crippen molar-refractivity contribution >= 4 is 17.4 Å². The van der Waals surface area contributed by atoms with Gasteiger partial charge in [-0.2, -0.15) is 0 Å². The largest absolute Gasteiger partial charge is 0.395 e. The van der Waals surface area contributed by atoms with Crippen LogP contribution in [-0.4, -0.2) is 34.2 Å². The van der Waals surface area contributed by atoms with Gasteiger partial charge in [0.25, 0.3) is 0 Å². The molecule has 2 aromatic rings. The van der Waals surface area contributed by atoms with E-state index < -0.39 is 0 Å². The van der Waals surface area contributed by atoms with Crippen molar-refractivity contribution in [3.8, 4) is 0 Å². The fraction of sp³-hybridized carbons (Fsp3) is 0.375. The molecule has 0 aliphatic rings. The fourth-order valence-electron chi connectivity index (χ4n) is 2.05. The number of carbonyl (C=O) groups is 1. The van der Waals surface area contributed by atoms with Gasteiger partial charge in [0, 0.05) is 18.0 Å². The normalized spacial score (nSPS) is 10.5. The number of aromatic nitrogens is 1. The van der Waals surface area contributed by atoms with Crippen molar-refractivity contribution in [2.45, 2.75) is 26.9 Å². The highest BCUT2D eigenvalue weighted by atomic mass is 32.1. The molecule has 0 unspecified atom stereocenters. The van der Waals surface area contributed by atoms with Gasteiger partial charge in [-0.05, 0) is 19.4 Å². The highest BCUT2D eigenvalue weighted by Gasteiger charge is 2.14. The number of aliphatic hydroxyl groups is 1. The number of benzene rings is 1. The van der Waals surface area contributed by atoms with Gasteiger partial charge >= 0.3 is 6.03 Å². The summed E-state index contributed by atoms with van der Waals surface area (Å²) in [6, 6.07) is 9.55. The van der Waals surface area contributed by atoms with Crippen molar-refractivity contribution < 1.29 is 9.90 Å². The standard InChI is InChI=1S/C16H21N3O2S/c1-12-13(2)22-15(18-12)10-17-16(21)19(8-9-20)11-14-6-4-3-5-7-14/h3-7,20H,8-11H2,1-2H3,(H,17,21). The number of urea groups is 1. The Morgan fingerprint density at radius 1 is 1.32 bits per heavy atom. The third kappa shape index (κ3) is 4.54. The van der Waals surface area contributed by atoms with Gasteiger partial charge < -0.3 is 15.3 Å². The molecular formula is C16H21N3O2S. The minimum Gasteiger partial charge on any atom is -0.395 e. The van der Waals surface area contributed by atoms with E-state index in [1.165, 1.54) is 4.88 Å². The molecule has 2 amide bonds. The van der Waals surface area contributed by atoms with Gasteiger partial charge in [0.1, 0.15) is 5.01 Å². The summed E-state index contributed by atoms with van der Waals surface area (Å²) in [4.78, 5) is 19.5. The summed E-state index contributed by atoms with van der Waals surface area (Å²) >= 11 is 1.59. The van der Waals surface area contributed by atoms with Crippen molar-refractivity contribution in [1.29, 1.82) is 0 Å². The van der Waals surface area contributed by atoms with E-state index in [1.54, 1.807) is 16.2 Å². The average Bonchev–Trinajstić information content (AvgIpc) is 2.84. The molecule has 0 aliphatic carbocycles. The Labute approximate surface area is 134 Å². The predicted octanol–water partition coefficient (Wildman–Crippen LogP) is 2.46. The topological polar surface area (TPSA) is 65.5 Å². The van der Waals surface area contributed by atoms with Crippen molar-refractivity contribution in [2.24, 2.45) is 0 Å². The molecule has 5 nitrogen and oxygen atoms in total. The fourth-order valence-corrected chi connectivity index (χ4v) is 2.93. The molecule has 0 spiro atoms. The second-order valence-electron chi connectivity index (χ2n) is 5.04. The van der Waals surface area contributed by atoms with Gasteiger partial charge in [0.05, 0.1) is 18.8 Å². The SMILES string of the molecule is Cc1nc(CNC(=O)N(CCO)Cc2ccccc2)sc1C. The van der Waals surface area contributed by atoms with Crippen LogP contribution in [0.2, 0.25) is 0 Å². The van der Waals surface area contributed by atoms with Gasteiger partial charge in [0.15, 0.2) is 0 Å². The number of thiazole rings is 1. The molecule has 118 valence electrons. The molecule has 2 rings (SSSR count). The monoisotopic (exact) mass is 319 g/mol. The number of nitrogens with one attached hydrogen (secondary N) is 1. The molecule has 1 aromatic carbocycles. The summed E-state index contributed by atoms with van der Waals surface area (Å²) < 4.78 is 0. The van der Waals surface area contributed by atoms with E-state index in [-0.39, 0.29) is 12.6 Å². The van der Waals surface area contributed by atoms with E-state index in [4.69, 9.17) is 5.11 Å². The van der Waals surface area contributed by atoms with Gasteiger partial charge in [-0.15, -0.1) is 11.3 Å². The number of rotatable bonds is 6. The van der Waals surface area contributed by atoms with E-state index in [9.17, 15) is 4.79 Å². The summed E-state index contributed by atoms with van der Waals surface area (Å²) in [5, 5.41) is 12.9. The zero-order valence-corrected chi connectivity index (χ0v) is 13.7. The Morgan fingerprint density at radius 3 is 2.64 bits per heavy atom. The van der Waals surface area contributed by atoms with Crippen LogP contribution in [0.1, 0.15) is 21.1 Å². The van der Waals surface area contributed by atoms with Crippen LogP contribution in [0.25, 0.3) is 0 Å². The number of nitrogens with zero attached hydrogens (tertiary/aromatic N) is 2. The van der Waals surface area contributed by atoms with Gasteiger partial charge in [-0.25, -0.2) is 9.78 Å². The maximum Gasteiger partial charge on any atom is 0.318 e. The highest BCUT2D eigenvalue weighted by Crippen LogP contribution is 2.16. The Bertz CT molecular complexity index is 594. The van der Waals surface area contributed by atoms with Crippen molar-refractivity contribution in [1.82, 2.24) is 15.2 Å². The number of carbonyl (C=O) groups excluding carboxylic acids is 1. The zero-order chi connectivity index (χ0) is 15.9. The molecule has 1 aromatic heterocycles. The van der Waals surface area contributed by atoms with Gasteiger partial charge in [0.2, 0.25) is 0 Å². The number of aliphatic hydroxyl groups excluding tert-OH is 1. The summed E-state index contributed by atoms with van der Waals surface area (Å²) in [6.07, 6.45) is 0. The van der Waals surface area contributed by atoms with Crippen LogP contribution in [0.3, 0.4) is 0 Å². The summed E-state index contributed by atoms with van der Waals surface area (Å²) in [5.74, 6) is 0. The smallest absolute Gasteiger partial charge is 0.318 e. The molecule has 0 aliphatic heterocycles. The number of hydrogen-bond acceptors (Lipinski definition) is 4. The number of amides is 2. The van der Waals surface area contributed by atoms with Crippen LogP contribution in [0.15, 0.2) is 30.3 Å². The quantitative estimate of drug-likeness (QED) is 0.859. The molecule has 0 saturated heterocycles. The third-order valence-corrected chi connectivity index (χ3v) is 4.41. The highest BCUT2D eigenvalue weighted by molar-refractivity contribution is 7.11. The maximum atomic E-state index is 12.3. The van der Waals surface area contributed by atoms with Crippen LogP contribution >= 0.6 is 11.3 Å². The van der Waals surface area contributed by atoms with Crippen molar-refractivity contribution in [2.75, 3.05) is 13.2 Å². The number of aryl methyl sites for hydroxylation is 2. The maximum absolute atomic E-state index is 12.3. The first-order valence-electron chi connectivity index (χ1n) is 7.20. The predicted molar refractivity (Wildman–Crippen MR) is 87.8 cm³/mol. The van der Waals surface area contributed by atoms with Crippen LogP contribution in [0.4, 0.5) is 4.79 Å². The minimum atomic E-state index is -0.191. The first-order chi connectivity index (χ1) is 10.6. The lowest BCUT2D eigenvalue weighted by atomic mass is 10.2. The number of hydrogen-bond donors (Lipinski definition) is 2. The molecule has 6 heteroatoms. The van der Waals surface area contributed by atoms with E-state index in [0.717, 1.165) is 16.3 Å². The van der Waals surface area contributed by atoms with Crippen molar-refractivity contribution in [3.63, 3.8) is 0 Å². The van der Waals surface area contributed by atoms with E-state index in [2.05, 4.69) is 10.3 Å². The Kier molecular flexibility index (Phi) is 5.91. The average molecular weight is 319 g/mol. The molecular weight excluding hydrogens is 298 g/mol. The van der Waals surface area contributed by atoms with Gasteiger partial charge in [-0.1, -0.05) is 30.3 Å². The third-order valence-electron chi connectivity index (χ3n) is 3.34. The molecule has 0 fully saturated rings. The molecule has 1 heterocycles. The summed E-state index contributed by atoms with van der Waals surface area (Å²) in [7, 11) is 0. The molecule has 0 radical (unpaired) electrons. The summed E-state index contributed by atoms with van der Waals surface area (Å²) in [6.45, 7) is 5.11. The molecule has 2 N–H and O–H groups in total. The van der Waals surface area contributed by atoms with Crippen LogP contribution in [0, 0.1) is 13.8 Å². The second kappa shape index (κ2) is 7.91. The zero-order valence-electron chi connectivity index (χ0n) is 12.9. The summed E-state index contributed by atoms with van der Waals surface area (Å²) in [5.41, 5.74) is 2.04. The molecule has 0 saturated carbocycles. The van der Waals surface area contributed by atoms with Crippen LogP contribution in [0.5, 0.6) is 0 Å². The second-order valence-corrected chi connectivity index (χ2v) is 6.33. The Hall–Kier alpha value is -1.92. The minimum absolute atomic E-state index is 0.0598. The lowest BCUT2D eigenvalue weighted by Crippen LogP contribution is -2.40. The molecule has 0 bridgehead atoms. The van der Waals surface area contributed by atoms with Crippen LogP contribution in [-0.2, 0) is 13.1 Å². The van der Waals surface area contributed by atoms with E-state index >= 15 is 0 Å². The van der Waals surface area contributed by atoms with Crippen LogP contribution < -0.4 is 5.32 Å². The van der Waals surface area contributed by atoms with Gasteiger partial charge in [-0.3, -0.25) is 0 Å². The molecule has 0 atom stereocenters.